The molecule has 4 nitrogen and oxygen atoms in total. The van der Waals surface area contributed by atoms with E-state index in [9.17, 15) is 0 Å². The maximum Gasteiger partial charge on any atom is 0.178 e. The zero-order valence-electron chi connectivity index (χ0n) is 11.5. The van der Waals surface area contributed by atoms with Crippen molar-refractivity contribution in [3.05, 3.63) is 28.5 Å². The fourth-order valence-electron chi connectivity index (χ4n) is 2.75. The van der Waals surface area contributed by atoms with Crippen molar-refractivity contribution in [3.8, 4) is 6.07 Å². The Kier molecular flexibility index (Phi) is 3.36. The number of aromatic nitrogens is 2. The van der Waals surface area contributed by atoms with Crippen LogP contribution in [0.2, 0.25) is 0 Å². The van der Waals surface area contributed by atoms with Gasteiger partial charge in [-0.3, -0.25) is 0 Å². The molecule has 0 amide bonds. The molecule has 1 aliphatic carbocycles. The summed E-state index contributed by atoms with van der Waals surface area (Å²) < 4.78 is 8.04. The first kappa shape index (κ1) is 13.3. The first-order chi connectivity index (χ1) is 9.69. The van der Waals surface area contributed by atoms with Crippen molar-refractivity contribution < 1.29 is 4.74 Å². The molecule has 2 aromatic rings. The van der Waals surface area contributed by atoms with Gasteiger partial charge in [0, 0.05) is 20.3 Å². The molecule has 1 aromatic heterocycles. The van der Waals surface area contributed by atoms with Crippen molar-refractivity contribution in [1.82, 2.24) is 9.55 Å². The van der Waals surface area contributed by atoms with Crippen molar-refractivity contribution in [3.63, 3.8) is 0 Å². The second-order valence-electron chi connectivity index (χ2n) is 5.57. The second kappa shape index (κ2) is 5.04. The molecule has 0 atom stereocenters. The number of rotatable bonds is 5. The lowest BCUT2D eigenvalue weighted by atomic mass is 10.0. The Balaban J connectivity index is 1.99. The minimum atomic E-state index is 0.325. The van der Waals surface area contributed by atoms with E-state index >= 15 is 0 Å². The van der Waals surface area contributed by atoms with E-state index in [4.69, 9.17) is 22.2 Å². The van der Waals surface area contributed by atoms with Crippen LogP contribution in [0.1, 0.15) is 24.8 Å². The number of imidazole rings is 1. The highest BCUT2D eigenvalue weighted by molar-refractivity contribution is 7.71. The van der Waals surface area contributed by atoms with Crippen LogP contribution < -0.4 is 0 Å². The van der Waals surface area contributed by atoms with E-state index in [1.165, 1.54) is 12.8 Å². The third-order valence-corrected chi connectivity index (χ3v) is 4.54. The molecule has 104 valence electrons. The minimum Gasteiger partial charge on any atom is -0.385 e. The quantitative estimate of drug-likeness (QED) is 0.858. The van der Waals surface area contributed by atoms with Gasteiger partial charge in [-0.1, -0.05) is 6.07 Å². The highest BCUT2D eigenvalue weighted by Gasteiger charge is 2.42. The lowest BCUT2D eigenvalue weighted by Gasteiger charge is -2.16. The van der Waals surface area contributed by atoms with Gasteiger partial charge in [0.2, 0.25) is 0 Å². The summed E-state index contributed by atoms with van der Waals surface area (Å²) in [5.74, 6) is 0. The summed E-state index contributed by atoms with van der Waals surface area (Å²) in [5, 5.41) is 9.17. The molecule has 0 unspecified atom stereocenters. The number of nitrogens with zero attached hydrogens (tertiary/aromatic N) is 2. The van der Waals surface area contributed by atoms with Crippen LogP contribution in [-0.2, 0) is 11.3 Å². The van der Waals surface area contributed by atoms with Gasteiger partial charge in [-0.25, -0.2) is 0 Å². The van der Waals surface area contributed by atoms with Crippen LogP contribution in [0.15, 0.2) is 18.2 Å². The molecule has 1 fully saturated rings. The average Bonchev–Trinajstić information content (AvgIpc) is 3.16. The van der Waals surface area contributed by atoms with E-state index < -0.39 is 0 Å². The molecule has 1 N–H and O–H groups in total. The number of benzene rings is 1. The van der Waals surface area contributed by atoms with E-state index in [-0.39, 0.29) is 0 Å². The number of nitrogens with one attached hydrogen (secondary N) is 1. The summed E-state index contributed by atoms with van der Waals surface area (Å²) >= 11 is 5.44. The van der Waals surface area contributed by atoms with E-state index in [0.717, 1.165) is 30.6 Å². The van der Waals surface area contributed by atoms with E-state index in [2.05, 4.69) is 15.6 Å². The highest BCUT2D eigenvalue weighted by Crippen LogP contribution is 2.50. The summed E-state index contributed by atoms with van der Waals surface area (Å²) in [6.45, 7) is 1.70. The van der Waals surface area contributed by atoms with Crippen molar-refractivity contribution in [2.75, 3.05) is 13.7 Å². The number of ether oxygens (including phenoxy) is 1. The van der Waals surface area contributed by atoms with E-state index in [1.807, 2.05) is 18.2 Å². The Bertz CT molecular complexity index is 734. The fraction of sp³-hybridized carbons (Fsp3) is 0.467. The number of fused-ring (bicyclic) bond motifs is 1. The second-order valence-corrected chi connectivity index (χ2v) is 5.96. The van der Waals surface area contributed by atoms with Gasteiger partial charge in [-0.2, -0.15) is 5.26 Å². The number of hydrogen-bond donors (Lipinski definition) is 1. The normalized spacial score (nSPS) is 16.2. The first-order valence-electron chi connectivity index (χ1n) is 6.80. The van der Waals surface area contributed by atoms with Crippen LogP contribution in [-0.4, -0.2) is 23.3 Å². The lowest BCUT2D eigenvalue weighted by Crippen LogP contribution is -2.14. The molecule has 3 rings (SSSR count). The Morgan fingerprint density at radius 1 is 1.50 bits per heavy atom. The van der Waals surface area contributed by atoms with Crippen LogP contribution in [0.5, 0.6) is 0 Å². The predicted molar refractivity (Wildman–Crippen MR) is 80.0 cm³/mol. The molecule has 1 saturated carbocycles. The number of methoxy groups -OCH3 is 1. The fourth-order valence-corrected chi connectivity index (χ4v) is 3.01. The van der Waals surface area contributed by atoms with Crippen molar-refractivity contribution in [2.45, 2.75) is 25.8 Å². The third kappa shape index (κ3) is 2.26. The smallest absolute Gasteiger partial charge is 0.178 e. The SMILES string of the molecule is COCCC1(Cn2c(=S)[nH]c3c(C#N)cccc32)CC1. The third-order valence-electron chi connectivity index (χ3n) is 4.22. The van der Waals surface area contributed by atoms with Gasteiger partial charge in [0.1, 0.15) is 6.07 Å². The van der Waals surface area contributed by atoms with Gasteiger partial charge in [-0.05, 0) is 49.0 Å². The van der Waals surface area contributed by atoms with Crippen LogP contribution >= 0.6 is 12.2 Å². The molecule has 0 spiro atoms. The van der Waals surface area contributed by atoms with E-state index in [0.29, 0.717) is 15.7 Å². The van der Waals surface area contributed by atoms with Crippen LogP contribution in [0.4, 0.5) is 0 Å². The topological polar surface area (TPSA) is 53.7 Å². The number of H-pyrrole nitrogens is 1. The Morgan fingerprint density at radius 2 is 2.30 bits per heavy atom. The van der Waals surface area contributed by atoms with Gasteiger partial charge < -0.3 is 14.3 Å². The van der Waals surface area contributed by atoms with Crippen molar-refractivity contribution in [1.29, 1.82) is 5.26 Å². The molecule has 20 heavy (non-hydrogen) atoms. The molecule has 1 heterocycles. The predicted octanol–water partition coefficient (Wildman–Crippen LogP) is 3.39. The average molecular weight is 287 g/mol. The molecular weight excluding hydrogens is 270 g/mol. The van der Waals surface area contributed by atoms with Gasteiger partial charge in [0.25, 0.3) is 0 Å². The molecule has 0 radical (unpaired) electrons. The molecule has 0 aliphatic heterocycles. The largest absolute Gasteiger partial charge is 0.385 e. The number of nitriles is 1. The summed E-state index contributed by atoms with van der Waals surface area (Å²) in [6.07, 6.45) is 3.52. The first-order valence-corrected chi connectivity index (χ1v) is 7.20. The molecule has 5 heteroatoms. The van der Waals surface area contributed by atoms with Crippen LogP contribution in [0.3, 0.4) is 0 Å². The maximum absolute atomic E-state index is 9.17. The number of para-hydroxylation sites is 1. The minimum absolute atomic E-state index is 0.325. The summed E-state index contributed by atoms with van der Waals surface area (Å²) in [5.41, 5.74) is 2.85. The molecule has 1 aromatic carbocycles. The number of hydrogen-bond acceptors (Lipinski definition) is 3. The van der Waals surface area contributed by atoms with Crippen molar-refractivity contribution in [2.24, 2.45) is 5.41 Å². The van der Waals surface area contributed by atoms with Gasteiger partial charge in [0.05, 0.1) is 16.6 Å². The molecular formula is C15H17N3OS. The Labute approximate surface area is 123 Å². The van der Waals surface area contributed by atoms with Crippen LogP contribution in [0, 0.1) is 21.5 Å². The van der Waals surface area contributed by atoms with Gasteiger partial charge in [0.15, 0.2) is 4.77 Å². The standard InChI is InChI=1S/C15H17N3OS/c1-19-8-7-15(5-6-15)10-18-12-4-2-3-11(9-16)13(12)17-14(18)20/h2-4H,5-8,10H2,1H3,(H,17,20). The van der Waals surface area contributed by atoms with Crippen molar-refractivity contribution >= 4 is 23.3 Å². The summed E-state index contributed by atoms with van der Waals surface area (Å²) in [6, 6.07) is 7.96. The molecule has 0 bridgehead atoms. The van der Waals surface area contributed by atoms with E-state index in [1.54, 1.807) is 7.11 Å². The monoisotopic (exact) mass is 287 g/mol. The summed E-state index contributed by atoms with van der Waals surface area (Å²) in [7, 11) is 1.74. The Morgan fingerprint density at radius 3 is 2.95 bits per heavy atom. The highest BCUT2D eigenvalue weighted by atomic mass is 32.1. The zero-order valence-corrected chi connectivity index (χ0v) is 12.3. The molecule has 1 aliphatic rings. The maximum atomic E-state index is 9.17. The van der Waals surface area contributed by atoms with Gasteiger partial charge >= 0.3 is 0 Å². The van der Waals surface area contributed by atoms with Gasteiger partial charge in [-0.15, -0.1) is 0 Å². The Hall–Kier alpha value is -1.64. The lowest BCUT2D eigenvalue weighted by molar-refractivity contribution is 0.167. The number of aromatic amines is 1. The zero-order chi connectivity index (χ0) is 14.2. The summed E-state index contributed by atoms with van der Waals surface area (Å²) in [4.78, 5) is 3.18. The molecule has 0 saturated heterocycles. The van der Waals surface area contributed by atoms with Crippen LogP contribution in [0.25, 0.3) is 11.0 Å².